The normalized spacial score (nSPS) is 14.4. The summed E-state index contributed by atoms with van der Waals surface area (Å²) in [5, 5.41) is 0.635. The molecule has 0 spiro atoms. The van der Waals surface area contributed by atoms with Crippen molar-refractivity contribution in [3.63, 3.8) is 0 Å². The van der Waals surface area contributed by atoms with Crippen molar-refractivity contribution in [1.82, 2.24) is 0 Å². The number of allylic oxidation sites excluding steroid dienone is 4. The van der Waals surface area contributed by atoms with Crippen LogP contribution in [0.4, 0.5) is 0 Å². The molecule has 0 aliphatic heterocycles. The van der Waals surface area contributed by atoms with Gasteiger partial charge < -0.3 is 0 Å². The summed E-state index contributed by atoms with van der Waals surface area (Å²) in [5.74, 6) is 0. The molecule has 1 heteroatoms. The van der Waals surface area contributed by atoms with E-state index in [9.17, 15) is 0 Å². The lowest BCUT2D eigenvalue weighted by Gasteiger charge is -2.13. The van der Waals surface area contributed by atoms with E-state index in [-0.39, 0.29) is 0 Å². The molecule has 0 radical (unpaired) electrons. The quantitative estimate of drug-likeness (QED) is 0.487. The molecule has 1 unspecified atom stereocenters. The molecule has 0 aromatic rings. The van der Waals surface area contributed by atoms with Gasteiger partial charge in [0.05, 0.1) is 0 Å². The Kier molecular flexibility index (Phi) is 9.51. The monoisotopic (exact) mass is 238 g/mol. The van der Waals surface area contributed by atoms with Crippen LogP contribution in [0.2, 0.25) is 0 Å². The van der Waals surface area contributed by atoms with Gasteiger partial charge in [-0.1, -0.05) is 37.6 Å². The first-order chi connectivity index (χ1) is 7.63. The van der Waals surface area contributed by atoms with Crippen molar-refractivity contribution < 1.29 is 0 Å². The number of hydrogen-bond donors (Lipinski definition) is 0. The van der Waals surface area contributed by atoms with Gasteiger partial charge in [0, 0.05) is 5.25 Å². The molecule has 0 N–H and O–H groups in total. The molecule has 0 aromatic carbocycles. The minimum Gasteiger partial charge on any atom is -0.123 e. The highest BCUT2D eigenvalue weighted by atomic mass is 32.2. The zero-order valence-electron chi connectivity index (χ0n) is 11.3. The van der Waals surface area contributed by atoms with Crippen LogP contribution in [0.25, 0.3) is 0 Å². The molecule has 1 atom stereocenters. The largest absolute Gasteiger partial charge is 0.123 e. The zero-order chi connectivity index (χ0) is 12.4. The van der Waals surface area contributed by atoms with Crippen LogP contribution < -0.4 is 0 Å². The Labute approximate surface area is 106 Å². The topological polar surface area (TPSA) is 0 Å². The van der Waals surface area contributed by atoms with Crippen LogP contribution in [-0.2, 0) is 0 Å². The van der Waals surface area contributed by atoms with Gasteiger partial charge in [0.1, 0.15) is 0 Å². The first kappa shape index (κ1) is 15.6. The summed E-state index contributed by atoms with van der Waals surface area (Å²) < 4.78 is 0. The third-order valence-corrected chi connectivity index (χ3v) is 3.95. The smallest absolute Gasteiger partial charge is 0.0268 e. The summed E-state index contributed by atoms with van der Waals surface area (Å²) in [6, 6.07) is 0. The molecular formula is C15H26S. The van der Waals surface area contributed by atoms with Gasteiger partial charge in [-0.15, -0.1) is 18.3 Å². The minimum atomic E-state index is 0.635. The summed E-state index contributed by atoms with van der Waals surface area (Å²) in [6.45, 7) is 12.6. The van der Waals surface area contributed by atoms with Crippen molar-refractivity contribution in [3.8, 4) is 0 Å². The molecule has 0 bridgehead atoms. The van der Waals surface area contributed by atoms with E-state index in [1.807, 2.05) is 11.8 Å². The molecule has 92 valence electrons. The molecule has 0 aliphatic carbocycles. The maximum Gasteiger partial charge on any atom is 0.0268 e. The van der Waals surface area contributed by atoms with Crippen LogP contribution in [0.5, 0.6) is 0 Å². The Morgan fingerprint density at radius 2 is 2.00 bits per heavy atom. The first-order valence-electron chi connectivity index (χ1n) is 6.26. The van der Waals surface area contributed by atoms with E-state index in [4.69, 9.17) is 0 Å². The van der Waals surface area contributed by atoms with Gasteiger partial charge in [-0.2, -0.15) is 0 Å². The Hall–Kier alpha value is -0.430. The van der Waals surface area contributed by atoms with Crippen molar-refractivity contribution >= 4 is 11.8 Å². The molecule has 16 heavy (non-hydrogen) atoms. The average Bonchev–Trinajstić information content (AvgIpc) is 2.28. The minimum absolute atomic E-state index is 0.635. The highest BCUT2D eigenvalue weighted by Gasteiger charge is 2.06. The summed E-state index contributed by atoms with van der Waals surface area (Å²) in [6.07, 6.45) is 11.4. The van der Waals surface area contributed by atoms with Crippen LogP contribution in [-0.4, -0.2) is 5.25 Å². The number of hydrogen-bond acceptors (Lipinski definition) is 1. The SMILES string of the molecule is C=C(C)CC/C(=C\C)SC(/C=C\CC)CC. The molecule has 0 aliphatic rings. The Morgan fingerprint density at radius 3 is 2.44 bits per heavy atom. The van der Waals surface area contributed by atoms with Gasteiger partial charge in [-0.3, -0.25) is 0 Å². The number of rotatable bonds is 8. The predicted octanol–water partition coefficient (Wildman–Crippen LogP) is 5.72. The molecule has 0 heterocycles. The van der Waals surface area contributed by atoms with Crippen molar-refractivity contribution in [2.75, 3.05) is 0 Å². The van der Waals surface area contributed by atoms with Gasteiger partial charge in [0.15, 0.2) is 0 Å². The van der Waals surface area contributed by atoms with E-state index < -0.39 is 0 Å². The van der Waals surface area contributed by atoms with Gasteiger partial charge in [0.25, 0.3) is 0 Å². The Bertz CT molecular complexity index is 248. The van der Waals surface area contributed by atoms with Crippen LogP contribution in [0, 0.1) is 0 Å². The summed E-state index contributed by atoms with van der Waals surface area (Å²) >= 11 is 2.00. The van der Waals surface area contributed by atoms with E-state index in [0.29, 0.717) is 5.25 Å². The fourth-order valence-corrected chi connectivity index (χ4v) is 2.45. The maximum atomic E-state index is 3.96. The highest BCUT2D eigenvalue weighted by Crippen LogP contribution is 2.29. The summed E-state index contributed by atoms with van der Waals surface area (Å²) in [5.41, 5.74) is 1.28. The van der Waals surface area contributed by atoms with E-state index in [2.05, 4.69) is 52.5 Å². The molecule has 0 fully saturated rings. The third-order valence-electron chi connectivity index (χ3n) is 2.41. The zero-order valence-corrected chi connectivity index (χ0v) is 12.1. The van der Waals surface area contributed by atoms with Gasteiger partial charge in [-0.25, -0.2) is 0 Å². The lowest BCUT2D eigenvalue weighted by atomic mass is 10.2. The van der Waals surface area contributed by atoms with Crippen molar-refractivity contribution in [1.29, 1.82) is 0 Å². The van der Waals surface area contributed by atoms with E-state index in [1.165, 1.54) is 16.9 Å². The van der Waals surface area contributed by atoms with Crippen molar-refractivity contribution in [3.05, 3.63) is 35.3 Å². The summed E-state index contributed by atoms with van der Waals surface area (Å²) in [7, 11) is 0. The Morgan fingerprint density at radius 1 is 1.31 bits per heavy atom. The first-order valence-corrected chi connectivity index (χ1v) is 7.14. The molecule has 0 saturated heterocycles. The lowest BCUT2D eigenvalue weighted by Crippen LogP contribution is -1.96. The average molecular weight is 238 g/mol. The highest BCUT2D eigenvalue weighted by molar-refractivity contribution is 8.03. The molecule has 0 amide bonds. The van der Waals surface area contributed by atoms with E-state index in [1.54, 1.807) is 0 Å². The molecule has 0 rings (SSSR count). The fourth-order valence-electron chi connectivity index (χ4n) is 1.35. The second kappa shape index (κ2) is 9.77. The van der Waals surface area contributed by atoms with Crippen LogP contribution in [0.1, 0.15) is 53.4 Å². The molecule has 0 aromatic heterocycles. The second-order valence-corrected chi connectivity index (χ2v) is 5.48. The lowest BCUT2D eigenvalue weighted by molar-refractivity contribution is 0.949. The molecule has 0 nitrogen and oxygen atoms in total. The van der Waals surface area contributed by atoms with Crippen LogP contribution in [0.3, 0.4) is 0 Å². The van der Waals surface area contributed by atoms with Crippen molar-refractivity contribution in [2.24, 2.45) is 0 Å². The van der Waals surface area contributed by atoms with E-state index in [0.717, 1.165) is 19.3 Å². The van der Waals surface area contributed by atoms with Gasteiger partial charge in [-0.05, 0) is 44.4 Å². The predicted molar refractivity (Wildman–Crippen MR) is 78.9 cm³/mol. The Balaban J connectivity index is 4.18. The van der Waals surface area contributed by atoms with Gasteiger partial charge >= 0.3 is 0 Å². The van der Waals surface area contributed by atoms with Crippen molar-refractivity contribution in [2.45, 2.75) is 58.6 Å². The molecule has 0 saturated carbocycles. The maximum absolute atomic E-state index is 3.96. The number of thioether (sulfide) groups is 1. The third kappa shape index (κ3) is 7.81. The molecular weight excluding hydrogens is 212 g/mol. The fraction of sp³-hybridized carbons (Fsp3) is 0.600. The van der Waals surface area contributed by atoms with Gasteiger partial charge in [0.2, 0.25) is 0 Å². The second-order valence-electron chi connectivity index (χ2n) is 4.11. The van der Waals surface area contributed by atoms with E-state index >= 15 is 0 Å². The van der Waals surface area contributed by atoms with Crippen LogP contribution in [0.15, 0.2) is 35.3 Å². The summed E-state index contributed by atoms with van der Waals surface area (Å²) in [4.78, 5) is 1.50. The van der Waals surface area contributed by atoms with Crippen LogP contribution >= 0.6 is 11.8 Å². The standard InChI is InChI=1S/C15H26S/c1-6-9-10-14(7-2)16-15(8-3)12-11-13(4)5/h8-10,14H,4,6-7,11-12H2,1-3,5H3/b10-9-,15-8+.